The Morgan fingerprint density at radius 3 is 3.00 bits per heavy atom. The van der Waals surface area contributed by atoms with Gasteiger partial charge in [-0.05, 0) is 6.92 Å². The van der Waals surface area contributed by atoms with Crippen LogP contribution >= 0.6 is 11.3 Å². The lowest BCUT2D eigenvalue weighted by molar-refractivity contribution is -0.140. The lowest BCUT2D eigenvalue weighted by Gasteiger charge is -1.94. The van der Waals surface area contributed by atoms with Crippen molar-refractivity contribution < 1.29 is 9.53 Å². The molecule has 0 radical (unpaired) electrons. The van der Waals surface area contributed by atoms with E-state index < -0.39 is 0 Å². The smallest absolute Gasteiger partial charge is 0.305 e. The molecule has 0 aromatic carbocycles. The third-order valence-corrected chi connectivity index (χ3v) is 2.46. The molecular weight excluding hydrogens is 174 g/mol. The Labute approximate surface area is 75.4 Å². The Balaban J connectivity index is 2.38. The van der Waals surface area contributed by atoms with E-state index in [1.807, 2.05) is 12.3 Å². The summed E-state index contributed by atoms with van der Waals surface area (Å²) in [7, 11) is 1.40. The van der Waals surface area contributed by atoms with Gasteiger partial charge in [-0.2, -0.15) is 0 Å². The molecule has 66 valence electrons. The summed E-state index contributed by atoms with van der Waals surface area (Å²) in [5.74, 6) is -0.178. The number of ether oxygens (including phenoxy) is 1. The van der Waals surface area contributed by atoms with Crippen LogP contribution in [0.5, 0.6) is 0 Å². The highest BCUT2D eigenvalue weighted by Gasteiger charge is 2.03. The molecule has 0 amide bonds. The third kappa shape index (κ3) is 2.62. The number of rotatable bonds is 3. The number of methoxy groups -OCH3 is 1. The molecule has 0 saturated heterocycles. The van der Waals surface area contributed by atoms with E-state index in [9.17, 15) is 4.79 Å². The maximum Gasteiger partial charge on any atom is 0.305 e. The number of carbonyl (C=O) groups excluding carboxylic acids is 1. The van der Waals surface area contributed by atoms with Crippen LogP contribution in [0, 0.1) is 6.92 Å². The van der Waals surface area contributed by atoms with Gasteiger partial charge >= 0.3 is 5.97 Å². The molecule has 0 saturated carbocycles. The van der Waals surface area contributed by atoms with Gasteiger partial charge in [0.1, 0.15) is 0 Å². The van der Waals surface area contributed by atoms with Crippen molar-refractivity contribution in [2.24, 2.45) is 0 Å². The number of aromatic nitrogens is 1. The highest BCUT2D eigenvalue weighted by atomic mass is 32.1. The molecule has 0 atom stereocenters. The maximum atomic E-state index is 10.7. The second-order valence-electron chi connectivity index (χ2n) is 2.46. The van der Waals surface area contributed by atoms with Gasteiger partial charge in [-0.25, -0.2) is 4.98 Å². The molecule has 3 nitrogen and oxygen atoms in total. The highest BCUT2D eigenvalue weighted by molar-refractivity contribution is 7.09. The first-order valence-electron chi connectivity index (χ1n) is 3.70. The second-order valence-corrected chi connectivity index (χ2v) is 3.40. The van der Waals surface area contributed by atoms with Gasteiger partial charge in [-0.3, -0.25) is 4.79 Å². The van der Waals surface area contributed by atoms with E-state index in [1.165, 1.54) is 7.11 Å². The van der Waals surface area contributed by atoms with Gasteiger partial charge in [0.2, 0.25) is 0 Å². The molecule has 12 heavy (non-hydrogen) atoms. The van der Waals surface area contributed by atoms with Crippen LogP contribution in [0.4, 0.5) is 0 Å². The van der Waals surface area contributed by atoms with Crippen LogP contribution in [0.1, 0.15) is 17.1 Å². The van der Waals surface area contributed by atoms with E-state index in [0.717, 1.165) is 10.7 Å². The van der Waals surface area contributed by atoms with Crippen LogP contribution in [0.25, 0.3) is 0 Å². The van der Waals surface area contributed by atoms with Crippen molar-refractivity contribution in [1.29, 1.82) is 0 Å². The molecule has 1 aromatic heterocycles. The van der Waals surface area contributed by atoms with Gasteiger partial charge in [0.05, 0.1) is 18.5 Å². The Kier molecular flexibility index (Phi) is 3.22. The standard InChI is InChI=1S/C8H11NO2S/c1-6-5-12-7(9-6)3-4-8(10)11-2/h5H,3-4H2,1-2H3. The van der Waals surface area contributed by atoms with Gasteiger partial charge < -0.3 is 4.74 Å². The zero-order valence-electron chi connectivity index (χ0n) is 7.16. The summed E-state index contributed by atoms with van der Waals surface area (Å²) in [5.41, 5.74) is 1.01. The Morgan fingerprint density at radius 1 is 1.75 bits per heavy atom. The molecule has 1 aromatic rings. The quantitative estimate of drug-likeness (QED) is 0.671. The van der Waals surface area contributed by atoms with Gasteiger partial charge in [0, 0.05) is 17.5 Å². The number of hydrogen-bond acceptors (Lipinski definition) is 4. The van der Waals surface area contributed by atoms with Crippen molar-refractivity contribution >= 4 is 17.3 Å². The van der Waals surface area contributed by atoms with Gasteiger partial charge in [-0.15, -0.1) is 11.3 Å². The Hall–Kier alpha value is -0.900. The summed E-state index contributed by atoms with van der Waals surface area (Å²) in [6, 6.07) is 0. The van der Waals surface area contributed by atoms with E-state index in [-0.39, 0.29) is 5.97 Å². The van der Waals surface area contributed by atoms with E-state index >= 15 is 0 Å². The normalized spacial score (nSPS) is 9.83. The summed E-state index contributed by atoms with van der Waals surface area (Å²) in [6.45, 7) is 1.94. The molecule has 0 fully saturated rings. The number of aryl methyl sites for hydroxylation is 2. The summed E-state index contributed by atoms with van der Waals surface area (Å²) < 4.78 is 4.52. The molecule has 0 N–H and O–H groups in total. The molecule has 1 heterocycles. The maximum absolute atomic E-state index is 10.7. The largest absolute Gasteiger partial charge is 0.469 e. The topological polar surface area (TPSA) is 39.2 Å². The third-order valence-electron chi connectivity index (χ3n) is 1.44. The zero-order valence-corrected chi connectivity index (χ0v) is 7.98. The van der Waals surface area contributed by atoms with E-state index in [4.69, 9.17) is 0 Å². The van der Waals surface area contributed by atoms with E-state index in [0.29, 0.717) is 12.8 Å². The fraction of sp³-hybridized carbons (Fsp3) is 0.500. The molecule has 0 unspecified atom stereocenters. The average Bonchev–Trinajstić information content (AvgIpc) is 2.47. The van der Waals surface area contributed by atoms with Gasteiger partial charge in [-0.1, -0.05) is 0 Å². The highest BCUT2D eigenvalue weighted by Crippen LogP contribution is 2.10. The van der Waals surface area contributed by atoms with Crippen LogP contribution in [-0.2, 0) is 16.0 Å². The first kappa shape index (κ1) is 9.19. The zero-order chi connectivity index (χ0) is 8.97. The van der Waals surface area contributed by atoms with Crippen molar-refractivity contribution in [3.8, 4) is 0 Å². The van der Waals surface area contributed by atoms with Crippen molar-refractivity contribution in [2.45, 2.75) is 19.8 Å². The summed E-state index contributed by atoms with van der Waals surface area (Å²) in [5, 5.41) is 2.98. The number of carbonyl (C=O) groups is 1. The van der Waals surface area contributed by atoms with Crippen molar-refractivity contribution in [3.05, 3.63) is 16.1 Å². The van der Waals surface area contributed by atoms with Crippen molar-refractivity contribution in [1.82, 2.24) is 4.98 Å². The van der Waals surface area contributed by atoms with Crippen molar-refractivity contribution in [2.75, 3.05) is 7.11 Å². The van der Waals surface area contributed by atoms with Gasteiger partial charge in [0.15, 0.2) is 0 Å². The molecule has 1 rings (SSSR count). The molecule has 0 spiro atoms. The molecule has 0 aliphatic rings. The molecule has 0 aliphatic carbocycles. The SMILES string of the molecule is COC(=O)CCc1nc(C)cs1. The van der Waals surface area contributed by atoms with Gasteiger partial charge in [0.25, 0.3) is 0 Å². The summed E-state index contributed by atoms with van der Waals surface area (Å²) in [6.07, 6.45) is 1.11. The molecule has 0 aliphatic heterocycles. The van der Waals surface area contributed by atoms with E-state index in [2.05, 4.69) is 9.72 Å². The van der Waals surface area contributed by atoms with Crippen LogP contribution in [-0.4, -0.2) is 18.1 Å². The fourth-order valence-corrected chi connectivity index (χ4v) is 1.60. The fourth-order valence-electron chi connectivity index (χ4n) is 0.829. The summed E-state index contributed by atoms with van der Waals surface area (Å²) in [4.78, 5) is 15.0. The minimum absolute atomic E-state index is 0.178. The second kappa shape index (κ2) is 4.21. The predicted octanol–water partition coefficient (Wildman–Crippen LogP) is 1.56. The number of esters is 1. The first-order chi connectivity index (χ1) is 5.72. The van der Waals surface area contributed by atoms with Crippen LogP contribution in [0.3, 0.4) is 0 Å². The molecule has 4 heteroatoms. The van der Waals surface area contributed by atoms with Crippen LogP contribution < -0.4 is 0 Å². The minimum Gasteiger partial charge on any atom is -0.469 e. The monoisotopic (exact) mass is 185 g/mol. The first-order valence-corrected chi connectivity index (χ1v) is 4.58. The lowest BCUT2D eigenvalue weighted by Crippen LogP contribution is -2.01. The van der Waals surface area contributed by atoms with Crippen molar-refractivity contribution in [3.63, 3.8) is 0 Å². The average molecular weight is 185 g/mol. The number of hydrogen-bond donors (Lipinski definition) is 0. The lowest BCUT2D eigenvalue weighted by atomic mass is 10.3. The van der Waals surface area contributed by atoms with Crippen LogP contribution in [0.2, 0.25) is 0 Å². The molecular formula is C8H11NO2S. The molecule has 0 bridgehead atoms. The minimum atomic E-state index is -0.178. The Bertz CT molecular complexity index is 270. The summed E-state index contributed by atoms with van der Waals surface area (Å²) >= 11 is 1.58. The van der Waals surface area contributed by atoms with Crippen LogP contribution in [0.15, 0.2) is 5.38 Å². The van der Waals surface area contributed by atoms with E-state index in [1.54, 1.807) is 11.3 Å². The Morgan fingerprint density at radius 2 is 2.50 bits per heavy atom. The number of thiazole rings is 1. The predicted molar refractivity (Wildman–Crippen MR) is 47.2 cm³/mol. The number of nitrogens with zero attached hydrogens (tertiary/aromatic N) is 1.